The van der Waals surface area contributed by atoms with Gasteiger partial charge in [0.25, 0.3) is 0 Å². The topological polar surface area (TPSA) is 51.2 Å². The number of carbonyl (C=O) groups is 1. The first-order chi connectivity index (χ1) is 6.24. The quantitative estimate of drug-likeness (QED) is 0.730. The number of methoxy groups -OCH3 is 1. The fourth-order valence-corrected chi connectivity index (χ4v) is 1.40. The molecule has 1 rings (SSSR count). The number of aromatic nitrogens is 1. The van der Waals surface area contributed by atoms with Gasteiger partial charge in [-0.05, 0) is 6.92 Å². The molecule has 13 heavy (non-hydrogen) atoms. The van der Waals surface area contributed by atoms with Crippen LogP contribution in [0.1, 0.15) is 12.6 Å². The van der Waals surface area contributed by atoms with Crippen molar-refractivity contribution in [2.75, 3.05) is 7.11 Å². The summed E-state index contributed by atoms with van der Waals surface area (Å²) in [4.78, 5) is 15.0. The number of thiazole rings is 1. The number of esters is 1. The van der Waals surface area contributed by atoms with Crippen LogP contribution in [0.2, 0.25) is 0 Å². The van der Waals surface area contributed by atoms with E-state index in [1.165, 1.54) is 18.4 Å². The molecule has 1 aromatic rings. The maximum absolute atomic E-state index is 11.0. The van der Waals surface area contributed by atoms with E-state index in [9.17, 15) is 4.79 Å². The van der Waals surface area contributed by atoms with Crippen LogP contribution in [0.3, 0.4) is 0 Å². The van der Waals surface area contributed by atoms with Crippen LogP contribution in [-0.4, -0.2) is 24.1 Å². The Morgan fingerprint density at radius 3 is 3.15 bits per heavy atom. The first-order valence-corrected chi connectivity index (χ1v) is 4.86. The summed E-state index contributed by atoms with van der Waals surface area (Å²) in [5, 5.41) is 4.95. The first kappa shape index (κ1) is 10.1. The van der Waals surface area contributed by atoms with Crippen LogP contribution in [0.4, 0.5) is 0 Å². The third-order valence-corrected chi connectivity index (χ3v) is 2.26. The molecule has 5 heteroatoms. The van der Waals surface area contributed by atoms with Gasteiger partial charge < -0.3 is 4.74 Å². The molecule has 0 saturated heterocycles. The van der Waals surface area contributed by atoms with Crippen molar-refractivity contribution >= 4 is 17.3 Å². The minimum absolute atomic E-state index is 0.254. The van der Waals surface area contributed by atoms with Crippen molar-refractivity contribution < 1.29 is 9.53 Å². The molecule has 1 aromatic heterocycles. The van der Waals surface area contributed by atoms with Gasteiger partial charge >= 0.3 is 5.97 Å². The number of hydrogen-bond donors (Lipinski definition) is 1. The normalized spacial score (nSPS) is 12.5. The number of carbonyl (C=O) groups excluding carboxylic acids is 1. The van der Waals surface area contributed by atoms with E-state index >= 15 is 0 Å². The van der Waals surface area contributed by atoms with Crippen molar-refractivity contribution in [2.24, 2.45) is 0 Å². The highest BCUT2D eigenvalue weighted by Gasteiger charge is 2.11. The average molecular weight is 200 g/mol. The molecule has 0 aliphatic carbocycles. The van der Waals surface area contributed by atoms with E-state index < -0.39 is 0 Å². The summed E-state index contributed by atoms with van der Waals surface area (Å²) in [5.41, 5.74) is 2.71. The standard InChI is InChI=1S/C8H12N2O2S/c1-6(8(11)12-2)9-3-7-4-13-5-10-7/h4-6,9H,3H2,1-2H3. The second-order valence-corrected chi connectivity index (χ2v) is 3.32. The lowest BCUT2D eigenvalue weighted by Gasteiger charge is -2.09. The molecule has 0 aliphatic rings. The maximum atomic E-state index is 11.0. The monoisotopic (exact) mass is 200 g/mol. The lowest BCUT2D eigenvalue weighted by molar-refractivity contribution is -0.142. The molecule has 0 bridgehead atoms. The third-order valence-electron chi connectivity index (χ3n) is 1.63. The summed E-state index contributed by atoms with van der Waals surface area (Å²) in [6, 6.07) is -0.285. The molecule has 0 amide bonds. The summed E-state index contributed by atoms with van der Waals surface area (Å²) in [5.74, 6) is -0.254. The van der Waals surface area contributed by atoms with Crippen molar-refractivity contribution in [3.05, 3.63) is 16.6 Å². The second-order valence-electron chi connectivity index (χ2n) is 2.61. The Balaban J connectivity index is 2.30. The third kappa shape index (κ3) is 3.12. The van der Waals surface area contributed by atoms with Gasteiger partial charge in [0.1, 0.15) is 6.04 Å². The fourth-order valence-electron chi connectivity index (χ4n) is 0.843. The highest BCUT2D eigenvalue weighted by atomic mass is 32.1. The van der Waals surface area contributed by atoms with E-state index in [1.54, 1.807) is 12.4 Å². The van der Waals surface area contributed by atoms with Gasteiger partial charge in [-0.25, -0.2) is 4.98 Å². The summed E-state index contributed by atoms with van der Waals surface area (Å²) in [7, 11) is 1.38. The van der Waals surface area contributed by atoms with Gasteiger partial charge in [0, 0.05) is 11.9 Å². The van der Waals surface area contributed by atoms with Crippen molar-refractivity contribution in [3.8, 4) is 0 Å². The van der Waals surface area contributed by atoms with Gasteiger partial charge in [0.05, 0.1) is 18.3 Å². The Morgan fingerprint density at radius 1 is 1.85 bits per heavy atom. The van der Waals surface area contributed by atoms with Crippen LogP contribution in [0.15, 0.2) is 10.9 Å². The Morgan fingerprint density at radius 2 is 2.62 bits per heavy atom. The summed E-state index contributed by atoms with van der Waals surface area (Å²) in [6.45, 7) is 2.36. The molecule has 4 nitrogen and oxygen atoms in total. The molecular weight excluding hydrogens is 188 g/mol. The molecule has 1 N–H and O–H groups in total. The maximum Gasteiger partial charge on any atom is 0.322 e. The molecule has 1 atom stereocenters. The number of nitrogens with one attached hydrogen (secondary N) is 1. The highest BCUT2D eigenvalue weighted by molar-refractivity contribution is 7.07. The summed E-state index contributed by atoms with van der Waals surface area (Å²) < 4.78 is 4.56. The van der Waals surface area contributed by atoms with Crippen molar-refractivity contribution in [3.63, 3.8) is 0 Å². The van der Waals surface area contributed by atoms with E-state index in [2.05, 4.69) is 15.0 Å². The SMILES string of the molecule is COC(=O)C(C)NCc1cscn1. The van der Waals surface area contributed by atoms with Crippen LogP contribution in [0, 0.1) is 0 Å². The Labute approximate surface area is 80.9 Å². The Bertz CT molecular complexity index is 261. The van der Waals surface area contributed by atoms with Crippen molar-refractivity contribution in [1.29, 1.82) is 0 Å². The minimum Gasteiger partial charge on any atom is -0.468 e. The number of nitrogens with zero attached hydrogens (tertiary/aromatic N) is 1. The predicted molar refractivity (Wildman–Crippen MR) is 50.4 cm³/mol. The van der Waals surface area contributed by atoms with Gasteiger partial charge in [-0.1, -0.05) is 0 Å². The number of hydrogen-bond acceptors (Lipinski definition) is 5. The Hall–Kier alpha value is -0.940. The predicted octanol–water partition coefficient (Wildman–Crippen LogP) is 0.794. The van der Waals surface area contributed by atoms with Gasteiger partial charge in [-0.2, -0.15) is 0 Å². The molecule has 72 valence electrons. The second kappa shape index (κ2) is 4.94. The van der Waals surface area contributed by atoms with Gasteiger partial charge in [0.2, 0.25) is 0 Å². The molecule has 0 aliphatic heterocycles. The lowest BCUT2D eigenvalue weighted by Crippen LogP contribution is -2.34. The molecule has 0 fully saturated rings. The first-order valence-electron chi connectivity index (χ1n) is 3.92. The van der Waals surface area contributed by atoms with Crippen LogP contribution < -0.4 is 5.32 Å². The van der Waals surface area contributed by atoms with Gasteiger partial charge in [-0.3, -0.25) is 10.1 Å². The minimum atomic E-state index is -0.285. The van der Waals surface area contributed by atoms with Crippen LogP contribution in [0.5, 0.6) is 0 Å². The zero-order chi connectivity index (χ0) is 9.68. The Kier molecular flexibility index (Phi) is 3.85. The smallest absolute Gasteiger partial charge is 0.322 e. The molecule has 0 radical (unpaired) electrons. The highest BCUT2D eigenvalue weighted by Crippen LogP contribution is 2.00. The molecule has 1 unspecified atom stereocenters. The van der Waals surface area contributed by atoms with Crippen LogP contribution in [-0.2, 0) is 16.1 Å². The van der Waals surface area contributed by atoms with Gasteiger partial charge in [0.15, 0.2) is 0 Å². The summed E-state index contributed by atoms with van der Waals surface area (Å²) in [6.07, 6.45) is 0. The van der Waals surface area contributed by atoms with E-state index in [0.29, 0.717) is 6.54 Å². The number of ether oxygens (including phenoxy) is 1. The molecule has 0 spiro atoms. The van der Waals surface area contributed by atoms with E-state index in [4.69, 9.17) is 0 Å². The summed E-state index contributed by atoms with van der Waals surface area (Å²) >= 11 is 1.54. The fraction of sp³-hybridized carbons (Fsp3) is 0.500. The lowest BCUT2D eigenvalue weighted by atomic mass is 10.3. The molecule has 1 heterocycles. The zero-order valence-corrected chi connectivity index (χ0v) is 8.43. The zero-order valence-electron chi connectivity index (χ0n) is 7.61. The van der Waals surface area contributed by atoms with Gasteiger partial charge in [-0.15, -0.1) is 11.3 Å². The largest absolute Gasteiger partial charge is 0.468 e. The van der Waals surface area contributed by atoms with E-state index in [0.717, 1.165) is 5.69 Å². The van der Waals surface area contributed by atoms with Crippen molar-refractivity contribution in [1.82, 2.24) is 10.3 Å². The molecular formula is C8H12N2O2S. The molecule has 0 aromatic carbocycles. The van der Waals surface area contributed by atoms with Crippen LogP contribution >= 0.6 is 11.3 Å². The van der Waals surface area contributed by atoms with Crippen molar-refractivity contribution in [2.45, 2.75) is 19.5 Å². The van der Waals surface area contributed by atoms with Crippen LogP contribution in [0.25, 0.3) is 0 Å². The molecule has 0 saturated carbocycles. The van der Waals surface area contributed by atoms with E-state index in [-0.39, 0.29) is 12.0 Å². The average Bonchev–Trinajstić information content (AvgIpc) is 2.65. The number of rotatable bonds is 4. The van der Waals surface area contributed by atoms with E-state index in [1.807, 2.05) is 5.38 Å².